The molecule has 0 saturated carbocycles. The number of ether oxygens (including phenoxy) is 2. The number of amides is 3. The molecule has 2 aromatic carbocycles. The van der Waals surface area contributed by atoms with Crippen molar-refractivity contribution in [1.82, 2.24) is 10.6 Å². The van der Waals surface area contributed by atoms with Crippen molar-refractivity contribution in [3.63, 3.8) is 0 Å². The van der Waals surface area contributed by atoms with Crippen LogP contribution in [-0.4, -0.2) is 42.5 Å². The maximum atomic E-state index is 12.9. The third-order valence-corrected chi connectivity index (χ3v) is 5.16. The lowest BCUT2D eigenvalue weighted by Gasteiger charge is -2.13. The number of nitrogens with one attached hydrogen (secondary N) is 3. The molecule has 2 rings (SSSR count). The number of carbonyl (C=O) groups is 3. The highest BCUT2D eigenvalue weighted by atomic mass is 32.2. The summed E-state index contributed by atoms with van der Waals surface area (Å²) in [6, 6.07) is 13.4. The first-order valence-corrected chi connectivity index (χ1v) is 10.2. The molecule has 0 aliphatic rings. The van der Waals surface area contributed by atoms with Crippen LogP contribution in [0.5, 0.6) is 0 Å². The van der Waals surface area contributed by atoms with Crippen LogP contribution in [-0.2, 0) is 25.1 Å². The van der Waals surface area contributed by atoms with Gasteiger partial charge in [0, 0.05) is 16.2 Å². The first-order chi connectivity index (χ1) is 14.9. The van der Waals surface area contributed by atoms with E-state index in [1.165, 1.54) is 12.1 Å². The zero-order chi connectivity index (χ0) is 22.8. The molecule has 0 heterocycles. The van der Waals surface area contributed by atoms with E-state index in [4.69, 9.17) is 0 Å². The van der Waals surface area contributed by atoms with Crippen LogP contribution in [0.15, 0.2) is 63.3 Å². The largest absolute Gasteiger partial charge is 0.453 e. The lowest BCUT2D eigenvalue weighted by atomic mass is 10.2. The Kier molecular flexibility index (Phi) is 8.70. The number of benzene rings is 2. The molecule has 0 aliphatic carbocycles. The number of anilines is 1. The van der Waals surface area contributed by atoms with Gasteiger partial charge in [-0.1, -0.05) is 25.1 Å². The van der Waals surface area contributed by atoms with Gasteiger partial charge in [-0.05, 0) is 30.3 Å². The lowest BCUT2D eigenvalue weighted by molar-refractivity contribution is -0.115. The first kappa shape index (κ1) is 23.5. The predicted octanol–water partition coefficient (Wildman–Crippen LogP) is 2.90. The van der Waals surface area contributed by atoms with E-state index < -0.39 is 23.0 Å². The smallest absolute Gasteiger partial charge is 0.413 e. The topological polar surface area (TPSA) is 135 Å². The SMILES string of the molecule is CCC(=O)Nc1cc(S(=O)c2ccccc2)ccc1N=C(NC(=O)OC)NC(=O)OC. The molecule has 0 aromatic heterocycles. The average molecular weight is 446 g/mol. The summed E-state index contributed by atoms with van der Waals surface area (Å²) in [6.07, 6.45) is -1.56. The van der Waals surface area contributed by atoms with E-state index in [2.05, 4.69) is 30.4 Å². The third kappa shape index (κ3) is 6.93. The fourth-order valence-corrected chi connectivity index (χ4v) is 3.34. The summed E-state index contributed by atoms with van der Waals surface area (Å²) in [5.74, 6) is -0.592. The van der Waals surface area contributed by atoms with E-state index in [1.807, 2.05) is 6.07 Å². The van der Waals surface area contributed by atoms with Gasteiger partial charge in [0.15, 0.2) is 0 Å². The molecular weight excluding hydrogens is 424 g/mol. The van der Waals surface area contributed by atoms with Crippen molar-refractivity contribution in [2.45, 2.75) is 23.1 Å². The molecule has 2 aromatic rings. The monoisotopic (exact) mass is 446 g/mol. The highest BCUT2D eigenvalue weighted by Gasteiger charge is 2.15. The van der Waals surface area contributed by atoms with Crippen LogP contribution in [0.3, 0.4) is 0 Å². The number of hydrogen-bond donors (Lipinski definition) is 3. The molecule has 3 N–H and O–H groups in total. The van der Waals surface area contributed by atoms with Crippen molar-refractivity contribution in [1.29, 1.82) is 0 Å². The molecule has 0 fully saturated rings. The summed E-state index contributed by atoms with van der Waals surface area (Å²) in [5, 5.41) is 7.16. The second-order valence-electron chi connectivity index (χ2n) is 5.86. The van der Waals surface area contributed by atoms with Gasteiger partial charge in [0.2, 0.25) is 11.9 Å². The summed E-state index contributed by atoms with van der Waals surface area (Å²) in [7, 11) is 0.794. The van der Waals surface area contributed by atoms with Crippen LogP contribution < -0.4 is 16.0 Å². The van der Waals surface area contributed by atoms with E-state index in [0.717, 1.165) is 14.2 Å². The number of methoxy groups -OCH3 is 2. The van der Waals surface area contributed by atoms with Crippen molar-refractivity contribution < 1.29 is 28.1 Å². The van der Waals surface area contributed by atoms with Crippen molar-refractivity contribution in [3.05, 3.63) is 48.5 Å². The van der Waals surface area contributed by atoms with Gasteiger partial charge < -0.3 is 14.8 Å². The molecule has 0 saturated heterocycles. The third-order valence-electron chi connectivity index (χ3n) is 3.78. The fourth-order valence-electron chi connectivity index (χ4n) is 2.25. The Bertz CT molecular complexity index is 990. The van der Waals surface area contributed by atoms with Crippen LogP contribution in [0.1, 0.15) is 13.3 Å². The van der Waals surface area contributed by atoms with Crippen LogP contribution in [0.4, 0.5) is 21.0 Å². The summed E-state index contributed by atoms with van der Waals surface area (Å²) >= 11 is 0. The molecule has 0 radical (unpaired) electrons. The van der Waals surface area contributed by atoms with Gasteiger partial charge >= 0.3 is 12.2 Å². The maximum Gasteiger partial charge on any atom is 0.413 e. The van der Waals surface area contributed by atoms with Crippen LogP contribution in [0.2, 0.25) is 0 Å². The minimum Gasteiger partial charge on any atom is -0.453 e. The van der Waals surface area contributed by atoms with Crippen LogP contribution in [0, 0.1) is 0 Å². The minimum atomic E-state index is -1.50. The number of nitrogens with zero attached hydrogens (tertiary/aromatic N) is 1. The molecule has 0 bridgehead atoms. The average Bonchev–Trinajstić information content (AvgIpc) is 2.79. The Labute approximate surface area is 181 Å². The van der Waals surface area contributed by atoms with E-state index in [0.29, 0.717) is 9.79 Å². The number of aliphatic imine (C=N–C) groups is 1. The van der Waals surface area contributed by atoms with Gasteiger partial charge in [-0.25, -0.2) is 18.8 Å². The van der Waals surface area contributed by atoms with Gasteiger partial charge in [0.25, 0.3) is 0 Å². The molecule has 0 spiro atoms. The Morgan fingerprint density at radius 3 is 2.10 bits per heavy atom. The highest BCUT2D eigenvalue weighted by molar-refractivity contribution is 7.85. The highest BCUT2D eigenvalue weighted by Crippen LogP contribution is 2.29. The lowest BCUT2D eigenvalue weighted by Crippen LogP contribution is -2.43. The molecule has 164 valence electrons. The summed E-state index contributed by atoms with van der Waals surface area (Å²) in [4.78, 5) is 40.3. The van der Waals surface area contributed by atoms with Crippen LogP contribution in [0.25, 0.3) is 0 Å². The van der Waals surface area contributed by atoms with Crippen LogP contribution >= 0.6 is 0 Å². The fraction of sp³-hybridized carbons (Fsp3) is 0.200. The minimum absolute atomic E-state index is 0.193. The Balaban J connectivity index is 2.49. The first-order valence-electron chi connectivity index (χ1n) is 9.07. The molecule has 1 atom stereocenters. The maximum absolute atomic E-state index is 12.9. The molecule has 1 unspecified atom stereocenters. The second kappa shape index (κ2) is 11.5. The number of hydrogen-bond acceptors (Lipinski definition) is 7. The number of rotatable bonds is 5. The Morgan fingerprint density at radius 2 is 1.55 bits per heavy atom. The summed E-state index contributed by atoms with van der Waals surface area (Å²) in [5.41, 5.74) is 0.433. The zero-order valence-electron chi connectivity index (χ0n) is 17.1. The quantitative estimate of drug-likeness (QED) is 0.477. The predicted molar refractivity (Wildman–Crippen MR) is 115 cm³/mol. The zero-order valence-corrected chi connectivity index (χ0v) is 17.9. The molecule has 11 heteroatoms. The van der Waals surface area contributed by atoms with Gasteiger partial charge in [-0.3, -0.25) is 15.4 Å². The van der Waals surface area contributed by atoms with E-state index in [1.54, 1.807) is 37.3 Å². The van der Waals surface area contributed by atoms with Crippen molar-refractivity contribution in [3.8, 4) is 0 Å². The number of carbonyl (C=O) groups excluding carboxylic acids is 3. The standard InChI is InChI=1S/C20H22N4O6S/c1-4-17(25)21-16-12-14(31(28)13-8-6-5-7-9-13)10-11-15(16)22-18(23-19(26)29-2)24-20(27)30-3/h5-12H,4H2,1-3H3,(H,21,25)(H2,22,23,24,26,27). The van der Waals surface area contributed by atoms with Gasteiger partial charge in [-0.15, -0.1) is 0 Å². The molecule has 3 amide bonds. The Morgan fingerprint density at radius 1 is 0.935 bits per heavy atom. The van der Waals surface area contributed by atoms with E-state index in [-0.39, 0.29) is 29.7 Å². The van der Waals surface area contributed by atoms with Crippen molar-refractivity contribution in [2.24, 2.45) is 4.99 Å². The van der Waals surface area contributed by atoms with Gasteiger partial charge in [0.05, 0.1) is 36.4 Å². The van der Waals surface area contributed by atoms with Crippen molar-refractivity contribution >= 4 is 46.2 Å². The van der Waals surface area contributed by atoms with Gasteiger partial charge in [-0.2, -0.15) is 0 Å². The molecule has 31 heavy (non-hydrogen) atoms. The summed E-state index contributed by atoms with van der Waals surface area (Å²) < 4.78 is 21.9. The molecular formula is C20H22N4O6S. The van der Waals surface area contributed by atoms with E-state index >= 15 is 0 Å². The van der Waals surface area contributed by atoms with Gasteiger partial charge in [0.1, 0.15) is 0 Å². The molecule has 10 nitrogen and oxygen atoms in total. The van der Waals surface area contributed by atoms with Crippen molar-refractivity contribution in [2.75, 3.05) is 19.5 Å². The number of alkyl carbamates (subject to hydrolysis) is 2. The second-order valence-corrected chi connectivity index (χ2v) is 7.34. The normalized spacial score (nSPS) is 10.9. The van der Waals surface area contributed by atoms with E-state index in [9.17, 15) is 18.6 Å². The number of guanidine groups is 1. The Hall–Kier alpha value is -3.73. The summed E-state index contributed by atoms with van der Waals surface area (Å²) in [6.45, 7) is 1.67. The molecule has 0 aliphatic heterocycles.